The number of ketones is 1. The molecular formula is C17H16N2O3S. The Bertz CT molecular complexity index is 784. The lowest BCUT2D eigenvalue weighted by Gasteiger charge is -2.21. The second-order valence-corrected chi connectivity index (χ2v) is 6.93. The number of urea groups is 1. The molecule has 3 amide bonds. The van der Waals surface area contributed by atoms with Crippen LogP contribution in [0.2, 0.25) is 0 Å². The standard InChI is InChI=1S/C17H16N2O3S/c1-11-8-9-14(23-11)13(20)10-19-15(21)17(2,18-16(19)22)12-6-4-3-5-7-12/h3-9H,10H2,1-2H3,(H,18,22). The van der Waals surface area contributed by atoms with Gasteiger partial charge in [-0.25, -0.2) is 4.79 Å². The molecule has 0 aliphatic carbocycles. The number of amides is 3. The Balaban J connectivity index is 1.83. The van der Waals surface area contributed by atoms with Crippen LogP contribution in [0.5, 0.6) is 0 Å². The lowest BCUT2D eigenvalue weighted by Crippen LogP contribution is -2.41. The van der Waals surface area contributed by atoms with Crippen molar-refractivity contribution in [3.05, 3.63) is 57.8 Å². The normalized spacial score (nSPS) is 20.7. The van der Waals surface area contributed by atoms with Crippen LogP contribution in [0.15, 0.2) is 42.5 Å². The van der Waals surface area contributed by atoms with Crippen molar-refractivity contribution in [3.63, 3.8) is 0 Å². The second kappa shape index (κ2) is 5.62. The van der Waals surface area contributed by atoms with Gasteiger partial charge in [-0.05, 0) is 31.5 Å². The number of aryl methyl sites for hydroxylation is 1. The summed E-state index contributed by atoms with van der Waals surface area (Å²) in [7, 11) is 0. The number of hydrogen-bond donors (Lipinski definition) is 1. The molecule has 0 saturated carbocycles. The number of carbonyl (C=O) groups is 3. The molecular weight excluding hydrogens is 312 g/mol. The highest BCUT2D eigenvalue weighted by atomic mass is 32.1. The molecule has 1 fully saturated rings. The Labute approximate surface area is 137 Å². The number of nitrogens with zero attached hydrogens (tertiary/aromatic N) is 1. The molecule has 0 bridgehead atoms. The molecule has 1 aliphatic heterocycles. The third-order valence-electron chi connectivity index (χ3n) is 3.94. The number of Topliss-reactive ketones (excluding diaryl/α,β-unsaturated/α-hetero) is 1. The quantitative estimate of drug-likeness (QED) is 0.693. The van der Waals surface area contributed by atoms with E-state index in [1.807, 2.05) is 31.2 Å². The first kappa shape index (κ1) is 15.4. The Morgan fingerprint density at radius 2 is 1.87 bits per heavy atom. The first-order valence-electron chi connectivity index (χ1n) is 7.21. The fraction of sp³-hybridized carbons (Fsp3) is 0.235. The molecule has 1 unspecified atom stereocenters. The number of thiophene rings is 1. The average molecular weight is 328 g/mol. The van der Waals surface area contributed by atoms with Crippen LogP contribution in [0.1, 0.15) is 27.0 Å². The Morgan fingerprint density at radius 3 is 2.48 bits per heavy atom. The molecule has 3 rings (SSSR count). The zero-order chi connectivity index (χ0) is 16.6. The summed E-state index contributed by atoms with van der Waals surface area (Å²) in [5, 5.41) is 2.70. The van der Waals surface area contributed by atoms with Crippen molar-refractivity contribution < 1.29 is 14.4 Å². The van der Waals surface area contributed by atoms with Crippen molar-refractivity contribution >= 4 is 29.1 Å². The highest BCUT2D eigenvalue weighted by Gasteiger charge is 2.49. The summed E-state index contributed by atoms with van der Waals surface area (Å²) in [5.41, 5.74) is -0.440. The van der Waals surface area contributed by atoms with Crippen LogP contribution in [-0.4, -0.2) is 29.2 Å². The minimum Gasteiger partial charge on any atom is -0.319 e. The molecule has 2 heterocycles. The minimum atomic E-state index is -1.13. The SMILES string of the molecule is Cc1ccc(C(=O)CN2C(=O)NC(C)(c3ccccc3)C2=O)s1. The van der Waals surface area contributed by atoms with Gasteiger partial charge < -0.3 is 5.32 Å². The predicted molar refractivity (Wildman–Crippen MR) is 87.4 cm³/mol. The molecule has 1 atom stereocenters. The molecule has 1 saturated heterocycles. The molecule has 0 spiro atoms. The monoisotopic (exact) mass is 328 g/mol. The van der Waals surface area contributed by atoms with Crippen LogP contribution in [0.3, 0.4) is 0 Å². The third-order valence-corrected chi connectivity index (χ3v) is 4.98. The topological polar surface area (TPSA) is 66.5 Å². The van der Waals surface area contributed by atoms with Crippen molar-refractivity contribution in [3.8, 4) is 0 Å². The lowest BCUT2D eigenvalue weighted by atomic mass is 9.92. The molecule has 5 nitrogen and oxygen atoms in total. The zero-order valence-electron chi connectivity index (χ0n) is 12.8. The van der Waals surface area contributed by atoms with Gasteiger partial charge in [0.25, 0.3) is 5.91 Å². The van der Waals surface area contributed by atoms with E-state index in [1.54, 1.807) is 25.1 Å². The number of benzene rings is 1. The summed E-state index contributed by atoms with van der Waals surface area (Å²) in [6.07, 6.45) is 0. The summed E-state index contributed by atoms with van der Waals surface area (Å²) in [6, 6.07) is 12.1. The van der Waals surface area contributed by atoms with E-state index in [0.717, 1.165) is 9.78 Å². The highest BCUT2D eigenvalue weighted by Crippen LogP contribution is 2.29. The molecule has 6 heteroatoms. The van der Waals surface area contributed by atoms with Crippen LogP contribution in [0.25, 0.3) is 0 Å². The largest absolute Gasteiger partial charge is 0.325 e. The van der Waals surface area contributed by atoms with Gasteiger partial charge in [0.15, 0.2) is 5.78 Å². The molecule has 23 heavy (non-hydrogen) atoms. The fourth-order valence-corrected chi connectivity index (χ4v) is 3.41. The summed E-state index contributed by atoms with van der Waals surface area (Å²) in [6.45, 7) is 3.32. The van der Waals surface area contributed by atoms with Gasteiger partial charge in [0.05, 0.1) is 11.4 Å². The molecule has 1 N–H and O–H groups in total. The molecule has 1 aliphatic rings. The molecule has 2 aromatic rings. The van der Waals surface area contributed by atoms with E-state index in [1.165, 1.54) is 11.3 Å². The van der Waals surface area contributed by atoms with Gasteiger partial charge in [-0.2, -0.15) is 0 Å². The van der Waals surface area contributed by atoms with Crippen molar-refractivity contribution in [1.82, 2.24) is 10.2 Å². The molecule has 0 radical (unpaired) electrons. The van der Waals surface area contributed by atoms with Crippen molar-refractivity contribution in [2.75, 3.05) is 6.54 Å². The maximum Gasteiger partial charge on any atom is 0.325 e. The first-order valence-corrected chi connectivity index (χ1v) is 8.03. The first-order chi connectivity index (χ1) is 10.9. The van der Waals surface area contributed by atoms with Crippen molar-refractivity contribution in [2.24, 2.45) is 0 Å². The smallest absolute Gasteiger partial charge is 0.319 e. The van der Waals surface area contributed by atoms with Gasteiger partial charge in [0, 0.05) is 4.88 Å². The van der Waals surface area contributed by atoms with Gasteiger partial charge in [0.1, 0.15) is 5.54 Å². The summed E-state index contributed by atoms with van der Waals surface area (Å²) in [4.78, 5) is 39.7. The third kappa shape index (κ3) is 2.66. The summed E-state index contributed by atoms with van der Waals surface area (Å²) >= 11 is 1.36. The van der Waals surface area contributed by atoms with E-state index >= 15 is 0 Å². The summed E-state index contributed by atoms with van der Waals surface area (Å²) < 4.78 is 0. The van der Waals surface area contributed by atoms with Gasteiger partial charge in [-0.3, -0.25) is 14.5 Å². The van der Waals surface area contributed by atoms with E-state index in [2.05, 4.69) is 5.32 Å². The van der Waals surface area contributed by atoms with Crippen molar-refractivity contribution in [1.29, 1.82) is 0 Å². The maximum atomic E-state index is 12.7. The number of hydrogen-bond acceptors (Lipinski definition) is 4. The zero-order valence-corrected chi connectivity index (χ0v) is 13.6. The minimum absolute atomic E-state index is 0.232. The number of carbonyl (C=O) groups excluding carboxylic acids is 3. The van der Waals surface area contributed by atoms with E-state index < -0.39 is 17.5 Å². The Kier molecular flexibility index (Phi) is 3.77. The van der Waals surface area contributed by atoms with Gasteiger partial charge in [-0.1, -0.05) is 30.3 Å². The maximum absolute atomic E-state index is 12.7. The van der Waals surface area contributed by atoms with Crippen LogP contribution >= 0.6 is 11.3 Å². The predicted octanol–water partition coefficient (Wildman–Crippen LogP) is 2.71. The van der Waals surface area contributed by atoms with Gasteiger partial charge in [-0.15, -0.1) is 11.3 Å². The van der Waals surface area contributed by atoms with E-state index in [-0.39, 0.29) is 12.3 Å². The Morgan fingerprint density at radius 1 is 1.17 bits per heavy atom. The fourth-order valence-electron chi connectivity index (χ4n) is 2.61. The van der Waals surface area contributed by atoms with Crippen LogP contribution in [0, 0.1) is 6.92 Å². The van der Waals surface area contributed by atoms with Crippen LogP contribution in [0.4, 0.5) is 4.79 Å². The molecule has 1 aromatic carbocycles. The van der Waals surface area contributed by atoms with E-state index in [0.29, 0.717) is 10.4 Å². The van der Waals surface area contributed by atoms with Gasteiger partial charge in [0.2, 0.25) is 0 Å². The summed E-state index contributed by atoms with van der Waals surface area (Å²) in [5.74, 6) is -0.640. The molecule has 1 aromatic heterocycles. The Hall–Kier alpha value is -2.47. The van der Waals surface area contributed by atoms with Gasteiger partial charge >= 0.3 is 6.03 Å². The lowest BCUT2D eigenvalue weighted by molar-refractivity contribution is -0.130. The number of imide groups is 1. The highest BCUT2D eigenvalue weighted by molar-refractivity contribution is 7.14. The van der Waals surface area contributed by atoms with Crippen LogP contribution in [-0.2, 0) is 10.3 Å². The van der Waals surface area contributed by atoms with Crippen molar-refractivity contribution in [2.45, 2.75) is 19.4 Å². The van der Waals surface area contributed by atoms with Crippen LogP contribution < -0.4 is 5.32 Å². The number of nitrogens with one attached hydrogen (secondary N) is 1. The molecule has 118 valence electrons. The number of rotatable bonds is 4. The average Bonchev–Trinajstić information content (AvgIpc) is 3.06. The van der Waals surface area contributed by atoms with E-state index in [4.69, 9.17) is 0 Å². The van der Waals surface area contributed by atoms with E-state index in [9.17, 15) is 14.4 Å². The second-order valence-electron chi connectivity index (χ2n) is 5.65.